The van der Waals surface area contributed by atoms with Gasteiger partial charge in [-0.05, 0) is 47.5 Å². The fraction of sp³-hybridized carbons (Fsp3) is 0.120. The van der Waals surface area contributed by atoms with Gasteiger partial charge in [-0.1, -0.05) is 24.3 Å². The van der Waals surface area contributed by atoms with E-state index in [1.165, 1.54) is 0 Å². The molecule has 9 nitrogen and oxygen atoms in total. The van der Waals surface area contributed by atoms with Gasteiger partial charge < -0.3 is 26.8 Å². The van der Waals surface area contributed by atoms with Crippen molar-refractivity contribution in [3.63, 3.8) is 0 Å². The number of nitrogens with two attached hydrogens (primary N) is 2. The third-order valence-corrected chi connectivity index (χ3v) is 5.57. The van der Waals surface area contributed by atoms with Gasteiger partial charge in [-0.15, -0.1) is 0 Å². The van der Waals surface area contributed by atoms with Crippen LogP contribution in [0.15, 0.2) is 78.0 Å². The number of aromatic nitrogens is 3. The van der Waals surface area contributed by atoms with Crippen LogP contribution in [-0.2, 0) is 0 Å². The van der Waals surface area contributed by atoms with Crippen molar-refractivity contribution in [3.05, 3.63) is 84.2 Å². The van der Waals surface area contributed by atoms with Crippen LogP contribution in [0.4, 0.5) is 34.6 Å². The number of ether oxygens (including phenoxy) is 1. The lowest BCUT2D eigenvalue weighted by atomic mass is 9.97. The van der Waals surface area contributed by atoms with E-state index in [-0.39, 0.29) is 17.8 Å². The highest BCUT2D eigenvalue weighted by Gasteiger charge is 2.24. The SMILES string of the molecule is COc1ccc(C2CC(c3cccc(Nc4ccncc4)c3)=Nc3c(N)nc(N)nc3N2)cc1. The molecule has 170 valence electrons. The third kappa shape index (κ3) is 4.44. The van der Waals surface area contributed by atoms with Crippen LogP contribution < -0.4 is 26.8 Å². The van der Waals surface area contributed by atoms with Crippen LogP contribution in [0.2, 0.25) is 0 Å². The Hall–Kier alpha value is -4.66. The predicted octanol–water partition coefficient (Wildman–Crippen LogP) is 4.47. The van der Waals surface area contributed by atoms with Crippen molar-refractivity contribution in [3.8, 4) is 5.75 Å². The molecule has 34 heavy (non-hydrogen) atoms. The molecule has 3 heterocycles. The summed E-state index contributed by atoms with van der Waals surface area (Å²) in [6.45, 7) is 0. The van der Waals surface area contributed by atoms with E-state index in [0.717, 1.165) is 34.0 Å². The van der Waals surface area contributed by atoms with Gasteiger partial charge in [0.05, 0.1) is 18.9 Å². The minimum Gasteiger partial charge on any atom is -0.497 e. The van der Waals surface area contributed by atoms with E-state index in [1.54, 1.807) is 19.5 Å². The molecule has 0 fully saturated rings. The second-order valence-electron chi connectivity index (χ2n) is 7.84. The van der Waals surface area contributed by atoms with Crippen molar-refractivity contribution in [2.24, 2.45) is 4.99 Å². The first-order chi connectivity index (χ1) is 16.6. The zero-order chi connectivity index (χ0) is 23.5. The number of nitrogen functional groups attached to an aromatic ring is 2. The van der Waals surface area contributed by atoms with Crippen molar-refractivity contribution in [1.29, 1.82) is 0 Å². The van der Waals surface area contributed by atoms with Crippen LogP contribution in [-0.4, -0.2) is 27.8 Å². The Bertz CT molecular complexity index is 1340. The molecular formula is C25H24N8O. The second kappa shape index (κ2) is 9.07. The maximum atomic E-state index is 6.19. The average molecular weight is 453 g/mol. The van der Waals surface area contributed by atoms with Gasteiger partial charge in [-0.2, -0.15) is 9.97 Å². The summed E-state index contributed by atoms with van der Waals surface area (Å²) in [6.07, 6.45) is 4.09. The largest absolute Gasteiger partial charge is 0.497 e. The summed E-state index contributed by atoms with van der Waals surface area (Å²) in [5.74, 6) is 1.62. The molecule has 2 aromatic heterocycles. The van der Waals surface area contributed by atoms with E-state index >= 15 is 0 Å². The Kier molecular flexibility index (Phi) is 5.65. The number of nitrogens with zero attached hydrogens (tertiary/aromatic N) is 4. The fourth-order valence-electron chi connectivity index (χ4n) is 3.89. The smallest absolute Gasteiger partial charge is 0.224 e. The van der Waals surface area contributed by atoms with Crippen molar-refractivity contribution < 1.29 is 4.74 Å². The number of pyridine rings is 1. The first kappa shape index (κ1) is 21.2. The van der Waals surface area contributed by atoms with Crippen LogP contribution in [0.1, 0.15) is 23.6 Å². The summed E-state index contributed by atoms with van der Waals surface area (Å²) in [5.41, 5.74) is 17.3. The highest BCUT2D eigenvalue weighted by molar-refractivity contribution is 6.05. The summed E-state index contributed by atoms with van der Waals surface area (Å²) < 4.78 is 5.31. The lowest BCUT2D eigenvalue weighted by molar-refractivity contribution is 0.414. The van der Waals surface area contributed by atoms with Crippen LogP contribution in [0.3, 0.4) is 0 Å². The standard InChI is InChI=1S/C25H24N8O/c1-34-19-7-5-15(6-8-19)20-14-21(30-22-23(26)32-25(27)33-24(22)31-20)16-3-2-4-18(13-16)29-17-9-11-28-12-10-17/h2-13,20H,14H2,1H3,(H,28,29)(H5,26,27,31,32,33). The summed E-state index contributed by atoms with van der Waals surface area (Å²) >= 11 is 0. The Morgan fingerprint density at radius 3 is 2.53 bits per heavy atom. The maximum Gasteiger partial charge on any atom is 0.224 e. The van der Waals surface area contributed by atoms with Gasteiger partial charge in [-0.25, -0.2) is 4.99 Å². The molecule has 2 aromatic carbocycles. The van der Waals surface area contributed by atoms with Gasteiger partial charge in [0.2, 0.25) is 5.95 Å². The molecule has 1 aliphatic heterocycles. The zero-order valence-electron chi connectivity index (χ0n) is 18.6. The monoisotopic (exact) mass is 452 g/mol. The second-order valence-corrected chi connectivity index (χ2v) is 7.84. The lowest BCUT2D eigenvalue weighted by Crippen LogP contribution is -2.15. The van der Waals surface area contributed by atoms with Gasteiger partial charge in [-0.3, -0.25) is 4.98 Å². The van der Waals surface area contributed by atoms with Crippen molar-refractivity contribution in [1.82, 2.24) is 15.0 Å². The fourth-order valence-corrected chi connectivity index (χ4v) is 3.89. The van der Waals surface area contributed by atoms with E-state index < -0.39 is 0 Å². The molecular weight excluding hydrogens is 428 g/mol. The Morgan fingerprint density at radius 1 is 0.971 bits per heavy atom. The van der Waals surface area contributed by atoms with Crippen LogP contribution in [0.25, 0.3) is 0 Å². The molecule has 0 bridgehead atoms. The molecule has 0 aliphatic carbocycles. The van der Waals surface area contributed by atoms with Gasteiger partial charge in [0.15, 0.2) is 11.6 Å². The molecule has 4 aromatic rings. The number of hydrogen-bond donors (Lipinski definition) is 4. The molecule has 0 saturated heterocycles. The predicted molar refractivity (Wildman–Crippen MR) is 135 cm³/mol. The molecule has 1 aliphatic rings. The van der Waals surface area contributed by atoms with Gasteiger partial charge in [0.25, 0.3) is 0 Å². The van der Waals surface area contributed by atoms with Crippen LogP contribution in [0, 0.1) is 0 Å². The first-order valence-corrected chi connectivity index (χ1v) is 10.8. The normalized spacial score (nSPS) is 14.9. The number of nitrogens with one attached hydrogen (secondary N) is 2. The number of anilines is 5. The Balaban J connectivity index is 1.55. The highest BCUT2D eigenvalue weighted by Crippen LogP contribution is 2.38. The van der Waals surface area contributed by atoms with Gasteiger partial charge in [0.1, 0.15) is 11.4 Å². The third-order valence-electron chi connectivity index (χ3n) is 5.57. The maximum absolute atomic E-state index is 6.19. The summed E-state index contributed by atoms with van der Waals surface area (Å²) in [7, 11) is 1.65. The van der Waals surface area contributed by atoms with E-state index in [4.69, 9.17) is 21.2 Å². The minimum absolute atomic E-state index is 0.0967. The number of rotatable bonds is 5. The first-order valence-electron chi connectivity index (χ1n) is 10.8. The molecule has 0 radical (unpaired) electrons. The molecule has 6 N–H and O–H groups in total. The van der Waals surface area contributed by atoms with E-state index in [1.807, 2.05) is 54.6 Å². The number of benzene rings is 2. The highest BCUT2D eigenvalue weighted by atomic mass is 16.5. The summed E-state index contributed by atoms with van der Waals surface area (Å²) in [6, 6.07) is 19.7. The van der Waals surface area contributed by atoms with E-state index in [0.29, 0.717) is 17.9 Å². The number of fused-ring (bicyclic) bond motifs is 1. The van der Waals surface area contributed by atoms with Crippen molar-refractivity contribution in [2.45, 2.75) is 12.5 Å². The Labute approximate surface area is 197 Å². The summed E-state index contributed by atoms with van der Waals surface area (Å²) in [5, 5.41) is 6.86. The molecule has 1 unspecified atom stereocenters. The minimum atomic E-state index is -0.114. The zero-order valence-corrected chi connectivity index (χ0v) is 18.6. The van der Waals surface area contributed by atoms with Gasteiger partial charge in [0, 0.05) is 30.2 Å². The van der Waals surface area contributed by atoms with E-state index in [2.05, 4.69) is 31.7 Å². The van der Waals surface area contributed by atoms with Crippen LogP contribution in [0.5, 0.6) is 5.75 Å². The quantitative estimate of drug-likeness (QED) is 0.348. The number of aliphatic imine (C=N–C) groups is 1. The Morgan fingerprint density at radius 2 is 1.76 bits per heavy atom. The molecule has 0 spiro atoms. The molecule has 0 amide bonds. The number of methoxy groups -OCH3 is 1. The molecule has 1 atom stereocenters. The average Bonchev–Trinajstić information content (AvgIpc) is 3.05. The molecule has 5 rings (SSSR count). The van der Waals surface area contributed by atoms with Crippen molar-refractivity contribution in [2.75, 3.05) is 29.2 Å². The molecule has 9 heteroatoms. The van der Waals surface area contributed by atoms with Crippen LogP contribution >= 0.6 is 0 Å². The summed E-state index contributed by atoms with van der Waals surface area (Å²) in [4.78, 5) is 17.4. The van der Waals surface area contributed by atoms with Gasteiger partial charge >= 0.3 is 0 Å². The molecule has 0 saturated carbocycles. The van der Waals surface area contributed by atoms with Crippen molar-refractivity contribution >= 4 is 40.4 Å². The van der Waals surface area contributed by atoms with E-state index in [9.17, 15) is 0 Å². The number of hydrogen-bond acceptors (Lipinski definition) is 9. The lowest BCUT2D eigenvalue weighted by Gasteiger charge is -2.19. The topological polar surface area (TPSA) is 136 Å².